The highest BCUT2D eigenvalue weighted by Crippen LogP contribution is 2.27. The Kier molecular flexibility index (Phi) is 4.26. The van der Waals surface area contributed by atoms with Gasteiger partial charge >= 0.3 is 6.09 Å². The van der Waals surface area contributed by atoms with E-state index in [2.05, 4.69) is 5.32 Å². The van der Waals surface area contributed by atoms with Gasteiger partial charge in [-0.05, 0) is 56.2 Å². The molecule has 5 heteroatoms. The summed E-state index contributed by atoms with van der Waals surface area (Å²) in [6.07, 6.45) is -0.528. The zero-order valence-corrected chi connectivity index (χ0v) is 13.0. The zero-order chi connectivity index (χ0) is 16.3. The second-order valence-electron chi connectivity index (χ2n) is 6.05. The second-order valence-corrected chi connectivity index (χ2v) is 6.05. The van der Waals surface area contributed by atoms with Gasteiger partial charge in [-0.1, -0.05) is 18.2 Å². The molecule has 22 heavy (non-hydrogen) atoms. The first-order valence-electron chi connectivity index (χ1n) is 7.00. The molecule has 2 aromatic carbocycles. The van der Waals surface area contributed by atoms with Crippen molar-refractivity contribution in [3.63, 3.8) is 0 Å². The maximum atomic E-state index is 11.8. The van der Waals surface area contributed by atoms with Crippen molar-refractivity contribution in [1.82, 2.24) is 0 Å². The minimum absolute atomic E-state index is 0.472. The summed E-state index contributed by atoms with van der Waals surface area (Å²) in [6.45, 7) is 5.42. The molecule has 5 N–H and O–H groups in total. The summed E-state index contributed by atoms with van der Waals surface area (Å²) in [5.41, 5.74) is 14.8. The molecule has 0 aliphatic rings. The zero-order valence-electron chi connectivity index (χ0n) is 13.0. The third kappa shape index (κ3) is 4.15. The molecule has 0 saturated heterocycles. The van der Waals surface area contributed by atoms with Gasteiger partial charge in [-0.15, -0.1) is 0 Å². The first-order chi connectivity index (χ1) is 10.2. The minimum atomic E-state index is -0.553. The third-order valence-corrected chi connectivity index (χ3v) is 2.93. The van der Waals surface area contributed by atoms with Gasteiger partial charge in [-0.3, -0.25) is 5.32 Å². The van der Waals surface area contributed by atoms with E-state index in [4.69, 9.17) is 16.2 Å². The van der Waals surface area contributed by atoms with Crippen LogP contribution < -0.4 is 16.8 Å². The van der Waals surface area contributed by atoms with Crippen molar-refractivity contribution in [2.24, 2.45) is 0 Å². The lowest BCUT2D eigenvalue weighted by molar-refractivity contribution is 0.0636. The summed E-state index contributed by atoms with van der Waals surface area (Å²) < 4.78 is 5.21. The number of nitrogens with one attached hydrogen (secondary N) is 1. The Morgan fingerprint density at radius 2 is 1.59 bits per heavy atom. The number of hydrogen-bond donors (Lipinski definition) is 3. The van der Waals surface area contributed by atoms with Crippen LogP contribution in [0, 0.1) is 0 Å². The number of ether oxygens (including phenoxy) is 1. The van der Waals surface area contributed by atoms with Crippen molar-refractivity contribution in [1.29, 1.82) is 0 Å². The van der Waals surface area contributed by atoms with Crippen LogP contribution in [0.15, 0.2) is 42.5 Å². The number of benzene rings is 2. The van der Waals surface area contributed by atoms with Gasteiger partial charge in [0.15, 0.2) is 0 Å². The molecule has 1 amide bonds. The van der Waals surface area contributed by atoms with Crippen LogP contribution in [0.1, 0.15) is 20.8 Å². The third-order valence-electron chi connectivity index (χ3n) is 2.93. The Balaban J connectivity index is 2.16. The Morgan fingerprint density at radius 1 is 1.00 bits per heavy atom. The first-order valence-corrected chi connectivity index (χ1v) is 7.00. The van der Waals surface area contributed by atoms with Crippen molar-refractivity contribution in [2.75, 3.05) is 16.8 Å². The van der Waals surface area contributed by atoms with Crippen LogP contribution in [-0.4, -0.2) is 11.7 Å². The van der Waals surface area contributed by atoms with Gasteiger partial charge in [-0.2, -0.15) is 0 Å². The van der Waals surface area contributed by atoms with Crippen molar-refractivity contribution < 1.29 is 9.53 Å². The lowest BCUT2D eigenvalue weighted by Crippen LogP contribution is -2.27. The van der Waals surface area contributed by atoms with E-state index in [1.54, 1.807) is 32.9 Å². The van der Waals surface area contributed by atoms with Gasteiger partial charge in [0.25, 0.3) is 0 Å². The molecule has 0 spiro atoms. The predicted octanol–water partition coefficient (Wildman–Crippen LogP) is 3.87. The molecule has 0 unspecified atom stereocenters. The molecule has 0 heterocycles. The normalized spacial score (nSPS) is 11.0. The van der Waals surface area contributed by atoms with Crippen molar-refractivity contribution in [3.8, 4) is 11.1 Å². The average molecular weight is 299 g/mol. The number of nitrogens with two attached hydrogens (primary N) is 2. The van der Waals surface area contributed by atoms with E-state index in [-0.39, 0.29) is 0 Å². The van der Waals surface area contributed by atoms with Crippen LogP contribution in [0.4, 0.5) is 21.9 Å². The number of amides is 1. The van der Waals surface area contributed by atoms with E-state index in [0.29, 0.717) is 17.1 Å². The van der Waals surface area contributed by atoms with Crippen LogP contribution in [0.25, 0.3) is 11.1 Å². The predicted molar refractivity (Wildman–Crippen MR) is 90.6 cm³/mol. The molecule has 5 nitrogen and oxygen atoms in total. The number of carbonyl (C=O) groups excluding carboxylic acids is 1. The maximum absolute atomic E-state index is 11.8. The minimum Gasteiger partial charge on any atom is -0.444 e. The molecule has 0 aliphatic heterocycles. The molecule has 0 atom stereocenters. The fourth-order valence-corrected chi connectivity index (χ4v) is 1.95. The molecule has 0 aromatic heterocycles. The fourth-order valence-electron chi connectivity index (χ4n) is 1.95. The van der Waals surface area contributed by atoms with Crippen LogP contribution in [0.5, 0.6) is 0 Å². The molecular formula is C17H21N3O2. The standard InChI is InChI=1S/C17H21N3O2/c1-17(2,3)22-16(21)20-15-9-6-12(10-14(15)19)11-4-7-13(18)8-5-11/h4-10H,18-19H2,1-3H3,(H,20,21). The Morgan fingerprint density at radius 3 is 2.14 bits per heavy atom. The van der Waals surface area contributed by atoms with Crippen LogP contribution in [0.3, 0.4) is 0 Å². The smallest absolute Gasteiger partial charge is 0.412 e. The maximum Gasteiger partial charge on any atom is 0.412 e. The summed E-state index contributed by atoms with van der Waals surface area (Å²) in [4.78, 5) is 11.8. The monoisotopic (exact) mass is 299 g/mol. The second kappa shape index (κ2) is 5.97. The van der Waals surface area contributed by atoms with E-state index in [1.807, 2.05) is 30.3 Å². The highest BCUT2D eigenvalue weighted by Gasteiger charge is 2.17. The van der Waals surface area contributed by atoms with Gasteiger partial charge in [0.1, 0.15) is 5.60 Å². The quantitative estimate of drug-likeness (QED) is 0.734. The highest BCUT2D eigenvalue weighted by molar-refractivity contribution is 5.90. The number of rotatable bonds is 2. The molecule has 116 valence electrons. The van der Waals surface area contributed by atoms with E-state index in [1.165, 1.54) is 0 Å². The van der Waals surface area contributed by atoms with Crippen LogP contribution in [-0.2, 0) is 4.74 Å². The molecule has 2 rings (SSSR count). The summed E-state index contributed by atoms with van der Waals surface area (Å²) in [6, 6.07) is 12.9. The number of hydrogen-bond acceptors (Lipinski definition) is 4. The van der Waals surface area contributed by atoms with Crippen molar-refractivity contribution >= 4 is 23.2 Å². The summed E-state index contributed by atoms with van der Waals surface area (Å²) >= 11 is 0. The fraction of sp³-hybridized carbons (Fsp3) is 0.235. The van der Waals surface area contributed by atoms with Crippen molar-refractivity contribution in [2.45, 2.75) is 26.4 Å². The number of anilines is 3. The SMILES string of the molecule is CC(C)(C)OC(=O)Nc1ccc(-c2ccc(N)cc2)cc1N. The largest absolute Gasteiger partial charge is 0.444 e. The van der Waals surface area contributed by atoms with E-state index in [0.717, 1.165) is 11.1 Å². The number of nitrogen functional groups attached to an aromatic ring is 2. The molecule has 0 radical (unpaired) electrons. The van der Waals surface area contributed by atoms with Gasteiger partial charge in [0.2, 0.25) is 0 Å². The molecule has 0 fully saturated rings. The molecule has 0 bridgehead atoms. The van der Waals surface area contributed by atoms with Gasteiger partial charge in [0.05, 0.1) is 11.4 Å². The molecule has 0 aliphatic carbocycles. The lowest BCUT2D eigenvalue weighted by Gasteiger charge is -2.20. The Labute approximate surface area is 130 Å². The molecule has 2 aromatic rings. The highest BCUT2D eigenvalue weighted by atomic mass is 16.6. The Bertz CT molecular complexity index is 673. The first kappa shape index (κ1) is 15.7. The van der Waals surface area contributed by atoms with E-state index < -0.39 is 11.7 Å². The number of carbonyl (C=O) groups is 1. The van der Waals surface area contributed by atoms with E-state index >= 15 is 0 Å². The van der Waals surface area contributed by atoms with Crippen molar-refractivity contribution in [3.05, 3.63) is 42.5 Å². The van der Waals surface area contributed by atoms with Crippen LogP contribution in [0.2, 0.25) is 0 Å². The summed E-state index contributed by atoms with van der Waals surface area (Å²) in [7, 11) is 0. The lowest BCUT2D eigenvalue weighted by atomic mass is 10.0. The summed E-state index contributed by atoms with van der Waals surface area (Å²) in [5, 5.41) is 2.65. The molecule has 0 saturated carbocycles. The summed E-state index contributed by atoms with van der Waals surface area (Å²) in [5.74, 6) is 0. The van der Waals surface area contributed by atoms with Gasteiger partial charge in [0, 0.05) is 5.69 Å². The Hall–Kier alpha value is -2.69. The van der Waals surface area contributed by atoms with E-state index in [9.17, 15) is 4.79 Å². The van der Waals surface area contributed by atoms with Gasteiger partial charge in [-0.25, -0.2) is 4.79 Å². The van der Waals surface area contributed by atoms with Gasteiger partial charge < -0.3 is 16.2 Å². The molecular weight excluding hydrogens is 278 g/mol. The topological polar surface area (TPSA) is 90.4 Å². The van der Waals surface area contributed by atoms with Crippen LogP contribution >= 0.6 is 0 Å². The average Bonchev–Trinajstić information content (AvgIpc) is 2.40.